The third-order valence-electron chi connectivity index (χ3n) is 2.18. The first kappa shape index (κ1) is 14.4. The highest BCUT2D eigenvalue weighted by Crippen LogP contribution is 2.07. The van der Waals surface area contributed by atoms with Crippen molar-refractivity contribution in [2.24, 2.45) is 5.92 Å². The molecule has 0 aromatic carbocycles. The lowest BCUT2D eigenvalue weighted by Gasteiger charge is -2.08. The Morgan fingerprint density at radius 1 is 1.22 bits per heavy atom. The highest BCUT2D eigenvalue weighted by atomic mass is 16.5. The van der Waals surface area contributed by atoms with Crippen molar-refractivity contribution in [3.8, 4) is 6.01 Å². The summed E-state index contributed by atoms with van der Waals surface area (Å²) in [7, 11) is 1.48. The number of rotatable bonds is 8. The average Bonchev–Trinajstić information content (AvgIpc) is 2.32. The molecule has 1 aromatic rings. The standard InChI is InChI=1S/C11H21N5O2/c1-8(2)4-6-18-7-5-13-10-14-9(12)15-11(16-10)17-3/h8H,4-7H2,1-3H3,(H3,12,13,14,15,16). The van der Waals surface area contributed by atoms with E-state index in [0.29, 0.717) is 25.0 Å². The van der Waals surface area contributed by atoms with Gasteiger partial charge in [-0.05, 0) is 12.3 Å². The van der Waals surface area contributed by atoms with E-state index >= 15 is 0 Å². The quantitative estimate of drug-likeness (QED) is 0.667. The molecule has 7 nitrogen and oxygen atoms in total. The van der Waals surface area contributed by atoms with E-state index in [4.69, 9.17) is 15.2 Å². The fraction of sp³-hybridized carbons (Fsp3) is 0.727. The number of anilines is 2. The largest absolute Gasteiger partial charge is 0.467 e. The van der Waals surface area contributed by atoms with Crippen molar-refractivity contribution in [3.05, 3.63) is 0 Å². The summed E-state index contributed by atoms with van der Waals surface area (Å²) in [5.41, 5.74) is 5.51. The smallest absolute Gasteiger partial charge is 0.322 e. The van der Waals surface area contributed by atoms with Gasteiger partial charge >= 0.3 is 6.01 Å². The van der Waals surface area contributed by atoms with Gasteiger partial charge in [0, 0.05) is 13.2 Å². The molecule has 0 fully saturated rings. The molecule has 0 unspecified atom stereocenters. The first-order valence-corrected chi connectivity index (χ1v) is 5.99. The zero-order valence-electron chi connectivity index (χ0n) is 11.1. The van der Waals surface area contributed by atoms with Gasteiger partial charge in [0.1, 0.15) is 0 Å². The molecule has 7 heteroatoms. The lowest BCUT2D eigenvalue weighted by atomic mass is 10.1. The predicted molar refractivity (Wildman–Crippen MR) is 69.6 cm³/mol. The first-order valence-electron chi connectivity index (χ1n) is 5.99. The van der Waals surface area contributed by atoms with Gasteiger partial charge < -0.3 is 20.5 Å². The molecule has 0 radical (unpaired) electrons. The van der Waals surface area contributed by atoms with Gasteiger partial charge in [-0.25, -0.2) is 0 Å². The molecular formula is C11H21N5O2. The van der Waals surface area contributed by atoms with Crippen LogP contribution < -0.4 is 15.8 Å². The SMILES string of the molecule is COc1nc(N)nc(NCCOCCC(C)C)n1. The Bertz CT molecular complexity index is 359. The number of hydrogen-bond acceptors (Lipinski definition) is 7. The zero-order valence-corrected chi connectivity index (χ0v) is 11.1. The van der Waals surface area contributed by atoms with Gasteiger partial charge in [0.2, 0.25) is 11.9 Å². The second-order valence-corrected chi connectivity index (χ2v) is 4.23. The molecule has 102 valence electrons. The Hall–Kier alpha value is -1.63. The first-order chi connectivity index (χ1) is 8.61. The van der Waals surface area contributed by atoms with Crippen LogP contribution in [0.5, 0.6) is 6.01 Å². The second kappa shape index (κ2) is 7.65. The summed E-state index contributed by atoms with van der Waals surface area (Å²) in [6.07, 6.45) is 1.06. The van der Waals surface area contributed by atoms with Crippen molar-refractivity contribution in [2.75, 3.05) is 37.9 Å². The van der Waals surface area contributed by atoms with Gasteiger partial charge in [-0.1, -0.05) is 13.8 Å². The van der Waals surface area contributed by atoms with Gasteiger partial charge in [0.25, 0.3) is 0 Å². The average molecular weight is 255 g/mol. The van der Waals surface area contributed by atoms with Gasteiger partial charge in [-0.2, -0.15) is 15.0 Å². The number of nitrogens with one attached hydrogen (secondary N) is 1. The van der Waals surface area contributed by atoms with E-state index in [2.05, 4.69) is 34.1 Å². The van der Waals surface area contributed by atoms with Crippen LogP contribution in [0.1, 0.15) is 20.3 Å². The van der Waals surface area contributed by atoms with Crippen molar-refractivity contribution in [2.45, 2.75) is 20.3 Å². The minimum atomic E-state index is 0.130. The molecule has 0 aliphatic carbocycles. The van der Waals surface area contributed by atoms with E-state index in [1.54, 1.807) is 0 Å². The summed E-state index contributed by atoms with van der Waals surface area (Å²) in [6, 6.07) is 0.200. The number of nitrogens with zero attached hydrogens (tertiary/aromatic N) is 3. The molecule has 18 heavy (non-hydrogen) atoms. The summed E-state index contributed by atoms with van der Waals surface area (Å²) in [4.78, 5) is 11.7. The molecule has 0 atom stereocenters. The van der Waals surface area contributed by atoms with E-state index in [-0.39, 0.29) is 12.0 Å². The van der Waals surface area contributed by atoms with Crippen LogP contribution >= 0.6 is 0 Å². The van der Waals surface area contributed by atoms with Crippen molar-refractivity contribution >= 4 is 11.9 Å². The number of nitrogen functional groups attached to an aromatic ring is 1. The maximum absolute atomic E-state index is 5.51. The van der Waals surface area contributed by atoms with Gasteiger partial charge in [-0.3, -0.25) is 0 Å². The minimum Gasteiger partial charge on any atom is -0.467 e. The molecule has 0 aliphatic rings. The molecule has 3 N–H and O–H groups in total. The molecule has 1 rings (SSSR count). The summed E-state index contributed by atoms with van der Waals surface area (Å²) < 4.78 is 10.4. The van der Waals surface area contributed by atoms with Gasteiger partial charge in [0.05, 0.1) is 13.7 Å². The number of aromatic nitrogens is 3. The number of methoxy groups -OCH3 is 1. The summed E-state index contributed by atoms with van der Waals surface area (Å²) in [5, 5.41) is 3.00. The maximum atomic E-state index is 5.51. The second-order valence-electron chi connectivity index (χ2n) is 4.23. The topological polar surface area (TPSA) is 95.2 Å². The molecule has 0 spiro atoms. The number of nitrogens with two attached hydrogens (primary N) is 1. The Labute approximate surface area is 107 Å². The molecule has 1 aromatic heterocycles. The Morgan fingerprint density at radius 3 is 2.67 bits per heavy atom. The van der Waals surface area contributed by atoms with Crippen molar-refractivity contribution < 1.29 is 9.47 Å². The van der Waals surface area contributed by atoms with Crippen LogP contribution in [0.25, 0.3) is 0 Å². The third kappa shape index (κ3) is 5.62. The fourth-order valence-electron chi connectivity index (χ4n) is 1.20. The van der Waals surface area contributed by atoms with E-state index in [1.807, 2.05) is 0 Å². The highest BCUT2D eigenvalue weighted by molar-refractivity contribution is 5.32. The van der Waals surface area contributed by atoms with E-state index in [1.165, 1.54) is 7.11 Å². The molecule has 0 bridgehead atoms. The highest BCUT2D eigenvalue weighted by Gasteiger charge is 2.03. The fourth-order valence-corrected chi connectivity index (χ4v) is 1.20. The van der Waals surface area contributed by atoms with Gasteiger partial charge in [-0.15, -0.1) is 0 Å². The molecular weight excluding hydrogens is 234 g/mol. The molecule has 0 amide bonds. The minimum absolute atomic E-state index is 0.130. The molecule has 0 aliphatic heterocycles. The van der Waals surface area contributed by atoms with Gasteiger partial charge in [0.15, 0.2) is 0 Å². The summed E-state index contributed by atoms with van der Waals surface area (Å²) in [5.74, 6) is 1.18. The zero-order chi connectivity index (χ0) is 13.4. The molecule has 1 heterocycles. The lowest BCUT2D eigenvalue weighted by Crippen LogP contribution is -2.14. The van der Waals surface area contributed by atoms with Crippen LogP contribution in [0.3, 0.4) is 0 Å². The van der Waals surface area contributed by atoms with Crippen molar-refractivity contribution in [1.29, 1.82) is 0 Å². The van der Waals surface area contributed by atoms with Crippen LogP contribution in [0.2, 0.25) is 0 Å². The number of ether oxygens (including phenoxy) is 2. The van der Waals surface area contributed by atoms with Crippen LogP contribution in [-0.4, -0.2) is 41.8 Å². The summed E-state index contributed by atoms with van der Waals surface area (Å²) >= 11 is 0. The number of hydrogen-bond donors (Lipinski definition) is 2. The normalized spacial score (nSPS) is 10.7. The van der Waals surface area contributed by atoms with Crippen molar-refractivity contribution in [1.82, 2.24) is 15.0 Å². The van der Waals surface area contributed by atoms with E-state index in [9.17, 15) is 0 Å². The van der Waals surface area contributed by atoms with Crippen LogP contribution in [0, 0.1) is 5.92 Å². The predicted octanol–water partition coefficient (Wildman–Crippen LogP) is 0.937. The van der Waals surface area contributed by atoms with Crippen LogP contribution in [0.4, 0.5) is 11.9 Å². The Balaban J connectivity index is 2.24. The summed E-state index contributed by atoms with van der Waals surface area (Å²) in [6.45, 7) is 6.32. The van der Waals surface area contributed by atoms with E-state index in [0.717, 1.165) is 13.0 Å². The third-order valence-corrected chi connectivity index (χ3v) is 2.18. The Kier molecular flexibility index (Phi) is 6.13. The van der Waals surface area contributed by atoms with E-state index < -0.39 is 0 Å². The maximum Gasteiger partial charge on any atom is 0.322 e. The lowest BCUT2D eigenvalue weighted by molar-refractivity contribution is 0.132. The molecule has 0 saturated carbocycles. The molecule has 0 saturated heterocycles. The van der Waals surface area contributed by atoms with Crippen LogP contribution in [0.15, 0.2) is 0 Å². The van der Waals surface area contributed by atoms with Crippen LogP contribution in [-0.2, 0) is 4.74 Å². The van der Waals surface area contributed by atoms with Crippen molar-refractivity contribution in [3.63, 3.8) is 0 Å². The Morgan fingerprint density at radius 2 is 2.00 bits per heavy atom. The monoisotopic (exact) mass is 255 g/mol.